The molecule has 1 aliphatic rings. The first-order chi connectivity index (χ1) is 8.26. The molecule has 0 spiro atoms. The van der Waals surface area contributed by atoms with Crippen molar-refractivity contribution < 1.29 is 24.2 Å². The van der Waals surface area contributed by atoms with Gasteiger partial charge >= 0.3 is 12.1 Å². The molecule has 6 heteroatoms. The maximum atomic E-state index is 11.9. The molecule has 2 atom stereocenters. The van der Waals surface area contributed by atoms with Crippen LogP contribution in [0, 0.1) is 0 Å². The molecule has 0 radical (unpaired) electrons. The highest BCUT2D eigenvalue weighted by Gasteiger charge is 2.43. The lowest BCUT2D eigenvalue weighted by Crippen LogP contribution is -2.47. The first-order valence-corrected chi connectivity index (χ1v) is 6.10. The second kappa shape index (κ2) is 5.56. The first kappa shape index (κ1) is 14.8. The number of amides is 1. The van der Waals surface area contributed by atoms with Crippen molar-refractivity contribution in [3.05, 3.63) is 0 Å². The maximum Gasteiger partial charge on any atom is 0.411 e. The molecule has 1 fully saturated rings. The van der Waals surface area contributed by atoms with Gasteiger partial charge in [0.05, 0.1) is 12.7 Å². The Morgan fingerprint density at radius 1 is 1.39 bits per heavy atom. The summed E-state index contributed by atoms with van der Waals surface area (Å²) in [5.74, 6) is -0.589. The highest BCUT2D eigenvalue weighted by Crippen LogP contribution is 2.22. The number of rotatable bonds is 2. The number of hydrogen-bond donors (Lipinski definition) is 1. The van der Waals surface area contributed by atoms with Gasteiger partial charge in [-0.15, -0.1) is 0 Å². The van der Waals surface area contributed by atoms with Gasteiger partial charge in [-0.25, -0.2) is 9.59 Å². The number of esters is 1. The van der Waals surface area contributed by atoms with Crippen LogP contribution in [0.4, 0.5) is 4.79 Å². The minimum Gasteiger partial charge on any atom is -0.464 e. The largest absolute Gasteiger partial charge is 0.464 e. The van der Waals surface area contributed by atoms with E-state index in [-0.39, 0.29) is 6.61 Å². The van der Waals surface area contributed by atoms with Gasteiger partial charge in [-0.1, -0.05) is 0 Å². The van der Waals surface area contributed by atoms with Gasteiger partial charge in [0.2, 0.25) is 0 Å². The highest BCUT2D eigenvalue weighted by molar-refractivity contribution is 5.83. The zero-order valence-electron chi connectivity index (χ0n) is 11.3. The summed E-state index contributed by atoms with van der Waals surface area (Å²) in [6.45, 7) is 7.42. The van der Waals surface area contributed by atoms with Crippen molar-refractivity contribution in [1.29, 1.82) is 0 Å². The minimum absolute atomic E-state index is 0.213. The molecule has 0 aromatic rings. The van der Waals surface area contributed by atoms with E-state index in [1.807, 2.05) is 0 Å². The van der Waals surface area contributed by atoms with Crippen molar-refractivity contribution in [1.82, 2.24) is 4.90 Å². The van der Waals surface area contributed by atoms with Crippen LogP contribution in [-0.4, -0.2) is 53.0 Å². The predicted octanol–water partition coefficient (Wildman–Crippen LogP) is 0.920. The topological polar surface area (TPSA) is 76.1 Å². The zero-order chi connectivity index (χ0) is 13.9. The molecule has 1 rings (SSSR count). The molecule has 1 aliphatic heterocycles. The Hall–Kier alpha value is -1.30. The number of hydrogen-bond acceptors (Lipinski definition) is 5. The molecule has 1 amide bonds. The lowest BCUT2D eigenvalue weighted by atomic mass is 10.2. The number of likely N-dealkylation sites (tertiary alicyclic amines) is 1. The Bertz CT molecular complexity index is 323. The van der Waals surface area contributed by atoms with Gasteiger partial charge in [-0.2, -0.15) is 0 Å². The van der Waals surface area contributed by atoms with Crippen LogP contribution in [0.3, 0.4) is 0 Å². The first-order valence-electron chi connectivity index (χ1n) is 6.10. The SMILES string of the molecule is CCOC(=O)[C@@H]1[C@H](O)CCN1C(=O)OC(C)(C)C. The molecule has 104 valence electrons. The van der Waals surface area contributed by atoms with Gasteiger partial charge in [0.1, 0.15) is 5.60 Å². The Labute approximate surface area is 107 Å². The van der Waals surface area contributed by atoms with Crippen LogP contribution < -0.4 is 0 Å². The van der Waals surface area contributed by atoms with Gasteiger partial charge in [-0.3, -0.25) is 4.90 Å². The normalized spacial score (nSPS) is 23.9. The molecule has 6 nitrogen and oxygen atoms in total. The van der Waals surface area contributed by atoms with Crippen molar-refractivity contribution in [2.24, 2.45) is 0 Å². The number of ether oxygens (including phenoxy) is 2. The van der Waals surface area contributed by atoms with Crippen molar-refractivity contribution in [2.75, 3.05) is 13.2 Å². The fraction of sp³-hybridized carbons (Fsp3) is 0.833. The van der Waals surface area contributed by atoms with Gasteiger partial charge in [0.25, 0.3) is 0 Å². The monoisotopic (exact) mass is 259 g/mol. The van der Waals surface area contributed by atoms with E-state index in [4.69, 9.17) is 9.47 Å². The fourth-order valence-corrected chi connectivity index (χ4v) is 1.81. The lowest BCUT2D eigenvalue weighted by Gasteiger charge is -2.28. The Morgan fingerprint density at radius 2 is 2.00 bits per heavy atom. The van der Waals surface area contributed by atoms with Crippen LogP contribution in [0.2, 0.25) is 0 Å². The van der Waals surface area contributed by atoms with Crippen LogP contribution in [-0.2, 0) is 14.3 Å². The molecule has 1 N–H and O–H groups in total. The lowest BCUT2D eigenvalue weighted by molar-refractivity contribution is -0.151. The molecule has 0 aromatic heterocycles. The van der Waals surface area contributed by atoms with E-state index in [2.05, 4.69) is 0 Å². The third-order valence-corrected chi connectivity index (χ3v) is 2.52. The Balaban J connectivity index is 2.74. The van der Waals surface area contributed by atoms with Crippen LogP contribution >= 0.6 is 0 Å². The minimum atomic E-state index is -0.959. The van der Waals surface area contributed by atoms with E-state index in [0.29, 0.717) is 13.0 Å². The van der Waals surface area contributed by atoms with Crippen LogP contribution in [0.1, 0.15) is 34.1 Å². The second-order valence-corrected chi connectivity index (χ2v) is 5.23. The summed E-state index contributed by atoms with van der Waals surface area (Å²) in [7, 11) is 0. The molecule has 1 heterocycles. The molecular weight excluding hydrogens is 238 g/mol. The summed E-state index contributed by atoms with van der Waals surface area (Å²) in [5.41, 5.74) is -0.635. The fourth-order valence-electron chi connectivity index (χ4n) is 1.81. The number of aliphatic hydroxyl groups excluding tert-OH is 1. The van der Waals surface area contributed by atoms with E-state index in [1.54, 1.807) is 27.7 Å². The molecule has 0 unspecified atom stereocenters. The summed E-state index contributed by atoms with van der Waals surface area (Å²) in [5, 5.41) is 9.75. The van der Waals surface area contributed by atoms with Crippen LogP contribution in [0.25, 0.3) is 0 Å². The third kappa shape index (κ3) is 3.60. The summed E-state index contributed by atoms with van der Waals surface area (Å²) in [6, 6.07) is -0.959. The zero-order valence-corrected chi connectivity index (χ0v) is 11.3. The highest BCUT2D eigenvalue weighted by atomic mass is 16.6. The summed E-state index contributed by atoms with van der Waals surface area (Å²) < 4.78 is 10.1. The van der Waals surface area contributed by atoms with E-state index in [0.717, 1.165) is 0 Å². The average Bonchev–Trinajstić information content (AvgIpc) is 2.58. The average molecular weight is 259 g/mol. The molecule has 0 aliphatic carbocycles. The molecule has 18 heavy (non-hydrogen) atoms. The van der Waals surface area contributed by atoms with E-state index < -0.39 is 29.8 Å². The van der Waals surface area contributed by atoms with Gasteiger partial charge < -0.3 is 14.6 Å². The number of aliphatic hydroxyl groups is 1. The summed E-state index contributed by atoms with van der Waals surface area (Å²) in [4.78, 5) is 24.8. The van der Waals surface area contributed by atoms with Gasteiger partial charge in [-0.05, 0) is 34.1 Å². The van der Waals surface area contributed by atoms with Crippen LogP contribution in [0.5, 0.6) is 0 Å². The van der Waals surface area contributed by atoms with E-state index in [9.17, 15) is 14.7 Å². The smallest absolute Gasteiger partial charge is 0.411 e. The van der Waals surface area contributed by atoms with Gasteiger partial charge in [0.15, 0.2) is 6.04 Å². The number of carbonyl (C=O) groups excluding carboxylic acids is 2. The Kier molecular flexibility index (Phi) is 4.56. The van der Waals surface area contributed by atoms with Gasteiger partial charge in [0, 0.05) is 6.54 Å². The number of nitrogens with zero attached hydrogens (tertiary/aromatic N) is 1. The third-order valence-electron chi connectivity index (χ3n) is 2.52. The molecule has 0 aromatic carbocycles. The van der Waals surface area contributed by atoms with Crippen LogP contribution in [0.15, 0.2) is 0 Å². The number of carbonyl (C=O) groups is 2. The standard InChI is InChI=1S/C12H21NO5/c1-5-17-10(15)9-8(14)6-7-13(9)11(16)18-12(2,3)4/h8-9,14H,5-7H2,1-4H3/t8-,9+/m1/s1. The maximum absolute atomic E-state index is 11.9. The predicted molar refractivity (Wildman–Crippen MR) is 64.0 cm³/mol. The van der Waals surface area contributed by atoms with E-state index in [1.165, 1.54) is 4.90 Å². The molecular formula is C12H21NO5. The van der Waals surface area contributed by atoms with Crippen molar-refractivity contribution in [2.45, 2.75) is 51.9 Å². The second-order valence-electron chi connectivity index (χ2n) is 5.23. The molecule has 0 bridgehead atoms. The van der Waals surface area contributed by atoms with Crippen molar-refractivity contribution in [3.63, 3.8) is 0 Å². The molecule has 0 saturated carbocycles. The Morgan fingerprint density at radius 3 is 2.50 bits per heavy atom. The van der Waals surface area contributed by atoms with E-state index >= 15 is 0 Å². The summed E-state index contributed by atoms with van der Waals surface area (Å²) >= 11 is 0. The van der Waals surface area contributed by atoms with Crippen molar-refractivity contribution >= 4 is 12.1 Å². The quantitative estimate of drug-likeness (QED) is 0.746. The summed E-state index contributed by atoms with van der Waals surface area (Å²) in [6.07, 6.45) is -1.14. The van der Waals surface area contributed by atoms with Crippen molar-refractivity contribution in [3.8, 4) is 0 Å². The molecule has 1 saturated heterocycles.